The zero-order chi connectivity index (χ0) is 13.8. The maximum absolute atomic E-state index is 10.4. The lowest BCUT2D eigenvalue weighted by molar-refractivity contribution is 0.0541. The van der Waals surface area contributed by atoms with Crippen molar-refractivity contribution in [1.82, 2.24) is 4.90 Å². The monoisotopic (exact) mass is 273 g/mol. The van der Waals surface area contributed by atoms with Gasteiger partial charge >= 0.3 is 0 Å². The molecule has 1 saturated heterocycles. The van der Waals surface area contributed by atoms with E-state index in [2.05, 4.69) is 35.2 Å². The van der Waals surface area contributed by atoms with Crippen molar-refractivity contribution < 1.29 is 5.11 Å². The Balaban J connectivity index is 1.50. The summed E-state index contributed by atoms with van der Waals surface area (Å²) < 4.78 is 0. The number of benzene rings is 1. The maximum atomic E-state index is 10.4. The molecule has 0 bridgehead atoms. The average molecular weight is 273 g/mol. The van der Waals surface area contributed by atoms with E-state index in [-0.39, 0.29) is 6.10 Å². The van der Waals surface area contributed by atoms with Gasteiger partial charge in [0.05, 0.1) is 6.10 Å². The van der Waals surface area contributed by atoms with Gasteiger partial charge in [-0.25, -0.2) is 0 Å². The third-order valence-electron chi connectivity index (χ3n) is 5.18. The first-order valence-electron chi connectivity index (χ1n) is 8.28. The fraction of sp³-hybridized carbons (Fsp3) is 0.667. The molecule has 20 heavy (non-hydrogen) atoms. The van der Waals surface area contributed by atoms with Gasteiger partial charge in [0.1, 0.15) is 0 Å². The molecule has 1 aliphatic carbocycles. The van der Waals surface area contributed by atoms with Crippen LogP contribution >= 0.6 is 0 Å². The third-order valence-corrected chi connectivity index (χ3v) is 5.18. The second-order valence-electron chi connectivity index (χ2n) is 6.62. The van der Waals surface area contributed by atoms with E-state index >= 15 is 0 Å². The van der Waals surface area contributed by atoms with Gasteiger partial charge in [-0.1, -0.05) is 49.6 Å². The lowest BCUT2D eigenvalue weighted by Gasteiger charge is -2.29. The summed E-state index contributed by atoms with van der Waals surface area (Å²) in [5, 5.41) is 10.4. The van der Waals surface area contributed by atoms with Crippen molar-refractivity contribution in [2.75, 3.05) is 19.6 Å². The number of rotatable bonds is 4. The van der Waals surface area contributed by atoms with Crippen LogP contribution in [0.25, 0.3) is 0 Å². The topological polar surface area (TPSA) is 23.5 Å². The van der Waals surface area contributed by atoms with Crippen LogP contribution in [0.2, 0.25) is 0 Å². The van der Waals surface area contributed by atoms with E-state index in [1.807, 2.05) is 0 Å². The molecule has 2 unspecified atom stereocenters. The quantitative estimate of drug-likeness (QED) is 0.908. The predicted octanol–water partition coefficient (Wildman–Crippen LogP) is 3.42. The fourth-order valence-electron chi connectivity index (χ4n) is 3.93. The first-order chi connectivity index (χ1) is 9.83. The van der Waals surface area contributed by atoms with Gasteiger partial charge in [-0.15, -0.1) is 0 Å². The van der Waals surface area contributed by atoms with Crippen molar-refractivity contribution in [2.45, 2.75) is 50.5 Å². The highest BCUT2D eigenvalue weighted by atomic mass is 16.3. The number of hydrogen-bond donors (Lipinski definition) is 1. The number of β-amino-alcohol motifs (C(OH)–C–C–N with tert-alkyl or cyclic N) is 1. The summed E-state index contributed by atoms with van der Waals surface area (Å²) in [6, 6.07) is 10.8. The highest BCUT2D eigenvalue weighted by molar-refractivity contribution is 5.21. The molecule has 1 heterocycles. The Morgan fingerprint density at radius 3 is 2.55 bits per heavy atom. The van der Waals surface area contributed by atoms with Crippen LogP contribution < -0.4 is 0 Å². The SMILES string of the molecule is OC(CN1CCC(c2ccccc2)C1)C1CCCCC1. The molecule has 1 aliphatic heterocycles. The van der Waals surface area contributed by atoms with Gasteiger partial charge in [0.15, 0.2) is 0 Å². The summed E-state index contributed by atoms with van der Waals surface area (Å²) in [6.07, 6.45) is 7.59. The summed E-state index contributed by atoms with van der Waals surface area (Å²) in [5.74, 6) is 1.22. The normalized spacial score (nSPS) is 26.8. The highest BCUT2D eigenvalue weighted by Crippen LogP contribution is 2.30. The zero-order valence-corrected chi connectivity index (χ0v) is 12.4. The molecule has 110 valence electrons. The Kier molecular flexibility index (Phi) is 4.74. The molecule has 0 radical (unpaired) electrons. The van der Waals surface area contributed by atoms with Crippen LogP contribution in [0.15, 0.2) is 30.3 Å². The minimum atomic E-state index is -0.107. The lowest BCUT2D eigenvalue weighted by atomic mass is 9.85. The van der Waals surface area contributed by atoms with Gasteiger partial charge in [-0.3, -0.25) is 0 Å². The molecule has 1 N–H and O–H groups in total. The van der Waals surface area contributed by atoms with Gasteiger partial charge < -0.3 is 10.0 Å². The molecule has 2 heteroatoms. The van der Waals surface area contributed by atoms with Gasteiger partial charge in [0, 0.05) is 13.1 Å². The molecule has 2 atom stereocenters. The fourth-order valence-corrected chi connectivity index (χ4v) is 3.93. The van der Waals surface area contributed by atoms with E-state index in [1.54, 1.807) is 0 Å². The van der Waals surface area contributed by atoms with E-state index in [1.165, 1.54) is 44.1 Å². The molecule has 3 rings (SSSR count). The van der Waals surface area contributed by atoms with Gasteiger partial charge in [0.25, 0.3) is 0 Å². The van der Waals surface area contributed by atoms with Crippen LogP contribution in [0.1, 0.15) is 50.0 Å². The van der Waals surface area contributed by atoms with E-state index in [0.717, 1.165) is 19.6 Å². The van der Waals surface area contributed by atoms with Gasteiger partial charge in [0.2, 0.25) is 0 Å². The molecule has 2 aliphatic rings. The number of nitrogens with zero attached hydrogens (tertiary/aromatic N) is 1. The minimum Gasteiger partial charge on any atom is -0.392 e. The number of hydrogen-bond acceptors (Lipinski definition) is 2. The Bertz CT molecular complexity index is 399. The van der Waals surface area contributed by atoms with Crippen LogP contribution in [0, 0.1) is 5.92 Å². The summed E-state index contributed by atoms with van der Waals surface area (Å²) in [4.78, 5) is 2.47. The molecular weight excluding hydrogens is 246 g/mol. The van der Waals surface area contributed by atoms with Crippen molar-refractivity contribution in [3.63, 3.8) is 0 Å². The number of aliphatic hydroxyl groups is 1. The van der Waals surface area contributed by atoms with Gasteiger partial charge in [-0.05, 0) is 43.2 Å². The van der Waals surface area contributed by atoms with Gasteiger partial charge in [-0.2, -0.15) is 0 Å². The highest BCUT2D eigenvalue weighted by Gasteiger charge is 2.28. The second-order valence-corrected chi connectivity index (χ2v) is 6.62. The third kappa shape index (κ3) is 3.42. The minimum absolute atomic E-state index is 0.107. The molecule has 0 amide bonds. The zero-order valence-electron chi connectivity index (χ0n) is 12.4. The largest absolute Gasteiger partial charge is 0.392 e. The van der Waals surface area contributed by atoms with E-state index in [0.29, 0.717) is 11.8 Å². The number of likely N-dealkylation sites (tertiary alicyclic amines) is 1. The first kappa shape index (κ1) is 14.1. The van der Waals surface area contributed by atoms with Crippen molar-refractivity contribution in [2.24, 2.45) is 5.92 Å². The summed E-state index contributed by atoms with van der Waals surface area (Å²) in [7, 11) is 0. The average Bonchev–Trinajstić information content (AvgIpc) is 2.97. The van der Waals surface area contributed by atoms with Crippen molar-refractivity contribution in [3.8, 4) is 0 Å². The second kappa shape index (κ2) is 6.73. The van der Waals surface area contributed by atoms with E-state index in [4.69, 9.17) is 0 Å². The summed E-state index contributed by atoms with van der Waals surface area (Å²) in [6.45, 7) is 3.14. The van der Waals surface area contributed by atoms with Crippen LogP contribution in [-0.2, 0) is 0 Å². The molecule has 1 aromatic carbocycles. The molecule has 1 saturated carbocycles. The van der Waals surface area contributed by atoms with Crippen LogP contribution in [0.4, 0.5) is 0 Å². The Hall–Kier alpha value is -0.860. The molecule has 0 aromatic heterocycles. The van der Waals surface area contributed by atoms with Crippen molar-refractivity contribution >= 4 is 0 Å². The van der Waals surface area contributed by atoms with E-state index in [9.17, 15) is 5.11 Å². The Morgan fingerprint density at radius 1 is 1.05 bits per heavy atom. The summed E-state index contributed by atoms with van der Waals surface area (Å²) >= 11 is 0. The smallest absolute Gasteiger partial charge is 0.0695 e. The van der Waals surface area contributed by atoms with Crippen LogP contribution in [0.5, 0.6) is 0 Å². The molecule has 2 fully saturated rings. The Morgan fingerprint density at radius 2 is 1.80 bits per heavy atom. The number of aliphatic hydroxyl groups excluding tert-OH is 1. The molecule has 0 spiro atoms. The Labute approximate surface area is 122 Å². The molecular formula is C18H27NO. The summed E-state index contributed by atoms with van der Waals surface area (Å²) in [5.41, 5.74) is 1.46. The standard InChI is InChI=1S/C18H27NO/c20-18(16-9-5-2-6-10-16)14-19-12-11-17(13-19)15-7-3-1-4-8-15/h1,3-4,7-8,16-18,20H,2,5-6,9-14H2. The van der Waals surface area contributed by atoms with Crippen LogP contribution in [-0.4, -0.2) is 35.7 Å². The van der Waals surface area contributed by atoms with Crippen molar-refractivity contribution in [3.05, 3.63) is 35.9 Å². The molecule has 1 aromatic rings. The first-order valence-corrected chi connectivity index (χ1v) is 8.28. The predicted molar refractivity (Wildman–Crippen MR) is 82.8 cm³/mol. The van der Waals surface area contributed by atoms with Crippen LogP contribution in [0.3, 0.4) is 0 Å². The van der Waals surface area contributed by atoms with E-state index < -0.39 is 0 Å². The van der Waals surface area contributed by atoms with Crippen molar-refractivity contribution in [1.29, 1.82) is 0 Å². The maximum Gasteiger partial charge on any atom is 0.0695 e. The lowest BCUT2D eigenvalue weighted by Crippen LogP contribution is -2.36. The molecule has 2 nitrogen and oxygen atoms in total.